The minimum atomic E-state index is -4.64. The summed E-state index contributed by atoms with van der Waals surface area (Å²) in [6.45, 7) is 3.97. The Bertz CT molecular complexity index is 1060. The molecule has 0 bridgehead atoms. The van der Waals surface area contributed by atoms with Crippen LogP contribution in [0.3, 0.4) is 0 Å². The molecule has 0 fully saturated rings. The highest BCUT2D eigenvalue weighted by molar-refractivity contribution is 7.45. The maximum absolute atomic E-state index is 12.6. The second-order valence-corrected chi connectivity index (χ2v) is 15.5. The van der Waals surface area contributed by atoms with Crippen molar-refractivity contribution in [2.45, 2.75) is 142 Å². The number of ether oxygens (including phenoxy) is 2. The molecule has 0 aromatic heterocycles. The number of likely N-dealkylation sites (N-methyl/N-ethyl adjacent to an activating group) is 1. The molecule has 2 unspecified atom stereocenters. The number of carbonyl (C=O) groups is 2. The SMILES string of the molecule is CC/C=C/C=C/C=C/C=C/C=C/CCCC(=O)OC(COC(=O)CCCCCCCCCCCCCCCC)COP(=O)([O-])OCC[N+](C)(C)C. The van der Waals surface area contributed by atoms with Crippen molar-refractivity contribution >= 4 is 19.8 Å². The molecule has 0 aliphatic carbocycles. The van der Waals surface area contributed by atoms with Gasteiger partial charge in [0, 0.05) is 12.8 Å². The van der Waals surface area contributed by atoms with E-state index in [1.807, 2.05) is 75.8 Å². The number of unbranched alkanes of at least 4 members (excludes halogenated alkanes) is 14. The highest BCUT2D eigenvalue weighted by Gasteiger charge is 2.21. The number of phosphoric acid groups is 1. The Hall–Kier alpha value is -2.29. The molecule has 294 valence electrons. The van der Waals surface area contributed by atoms with E-state index in [4.69, 9.17) is 18.5 Å². The van der Waals surface area contributed by atoms with Crippen LogP contribution in [0.25, 0.3) is 0 Å². The molecule has 0 N–H and O–H groups in total. The molecule has 0 saturated heterocycles. The second-order valence-electron chi connectivity index (χ2n) is 14.0. The predicted octanol–water partition coefficient (Wildman–Crippen LogP) is 9.88. The van der Waals surface area contributed by atoms with Crippen LogP contribution in [0.5, 0.6) is 0 Å². The van der Waals surface area contributed by atoms with Gasteiger partial charge in [0.1, 0.15) is 19.8 Å². The van der Waals surface area contributed by atoms with Gasteiger partial charge in [-0.1, -0.05) is 158 Å². The fourth-order valence-electron chi connectivity index (χ4n) is 4.86. The van der Waals surface area contributed by atoms with Crippen LogP contribution in [-0.2, 0) is 32.7 Å². The summed E-state index contributed by atoms with van der Waals surface area (Å²) in [5.41, 5.74) is 0. The van der Waals surface area contributed by atoms with Crippen LogP contribution in [0.15, 0.2) is 60.8 Å². The van der Waals surface area contributed by atoms with E-state index in [0.29, 0.717) is 23.9 Å². The Morgan fingerprint density at radius 1 is 0.627 bits per heavy atom. The van der Waals surface area contributed by atoms with E-state index in [1.165, 1.54) is 70.6 Å². The normalized spacial score (nSPS) is 14.4. The molecule has 0 rings (SSSR count). The van der Waals surface area contributed by atoms with Gasteiger partial charge < -0.3 is 27.9 Å². The van der Waals surface area contributed by atoms with Crippen LogP contribution >= 0.6 is 7.82 Å². The van der Waals surface area contributed by atoms with Gasteiger partial charge in [-0.05, 0) is 25.7 Å². The third kappa shape index (κ3) is 37.3. The zero-order valence-electron chi connectivity index (χ0n) is 32.8. The molecule has 0 spiro atoms. The lowest BCUT2D eigenvalue weighted by atomic mass is 10.0. The summed E-state index contributed by atoms with van der Waals surface area (Å²) in [4.78, 5) is 37.3. The smallest absolute Gasteiger partial charge is 0.306 e. The average molecular weight is 738 g/mol. The Morgan fingerprint density at radius 3 is 1.65 bits per heavy atom. The van der Waals surface area contributed by atoms with Crippen molar-refractivity contribution in [1.82, 2.24) is 0 Å². The van der Waals surface area contributed by atoms with E-state index in [-0.39, 0.29) is 26.1 Å². The Kier molecular flexibility index (Phi) is 32.0. The van der Waals surface area contributed by atoms with Crippen molar-refractivity contribution in [2.75, 3.05) is 47.5 Å². The number of nitrogens with zero attached hydrogens (tertiary/aromatic N) is 1. The molecular formula is C41H72NO8P. The number of quaternary nitrogens is 1. The lowest BCUT2D eigenvalue weighted by Gasteiger charge is -2.28. The monoisotopic (exact) mass is 737 g/mol. The number of phosphoric ester groups is 1. The quantitative estimate of drug-likeness (QED) is 0.0211. The third-order valence-corrected chi connectivity index (χ3v) is 8.89. The molecule has 0 heterocycles. The Labute approximate surface area is 311 Å². The minimum Gasteiger partial charge on any atom is -0.756 e. The topological polar surface area (TPSA) is 111 Å². The summed E-state index contributed by atoms with van der Waals surface area (Å²) < 4.78 is 33.7. The van der Waals surface area contributed by atoms with Gasteiger partial charge in [0.2, 0.25) is 0 Å². The minimum absolute atomic E-state index is 0.0460. The van der Waals surface area contributed by atoms with Gasteiger partial charge in [-0.2, -0.15) is 0 Å². The number of carbonyl (C=O) groups excluding carboxylic acids is 2. The highest BCUT2D eigenvalue weighted by Crippen LogP contribution is 2.38. The van der Waals surface area contributed by atoms with Gasteiger partial charge >= 0.3 is 11.9 Å². The lowest BCUT2D eigenvalue weighted by Crippen LogP contribution is -2.37. The third-order valence-electron chi connectivity index (χ3n) is 7.93. The summed E-state index contributed by atoms with van der Waals surface area (Å²) in [6, 6.07) is 0. The number of rotatable bonds is 34. The van der Waals surface area contributed by atoms with Crippen LogP contribution < -0.4 is 4.89 Å². The maximum atomic E-state index is 12.6. The average Bonchev–Trinajstić information content (AvgIpc) is 3.07. The van der Waals surface area contributed by atoms with Crippen molar-refractivity contribution in [1.29, 1.82) is 0 Å². The van der Waals surface area contributed by atoms with E-state index >= 15 is 0 Å². The summed E-state index contributed by atoms with van der Waals surface area (Å²) in [5.74, 6) is -0.925. The Balaban J connectivity index is 4.54. The molecule has 2 atom stereocenters. The fourth-order valence-corrected chi connectivity index (χ4v) is 5.59. The van der Waals surface area contributed by atoms with E-state index in [0.717, 1.165) is 25.7 Å². The van der Waals surface area contributed by atoms with Crippen molar-refractivity contribution < 1.29 is 42.1 Å². The largest absolute Gasteiger partial charge is 0.756 e. The first-order chi connectivity index (χ1) is 24.5. The van der Waals surface area contributed by atoms with Crippen molar-refractivity contribution in [3.63, 3.8) is 0 Å². The van der Waals surface area contributed by atoms with Crippen molar-refractivity contribution in [3.8, 4) is 0 Å². The summed E-state index contributed by atoms with van der Waals surface area (Å²) in [6.07, 6.45) is 38.3. The molecule has 0 aromatic carbocycles. The maximum Gasteiger partial charge on any atom is 0.306 e. The summed E-state index contributed by atoms with van der Waals surface area (Å²) >= 11 is 0. The highest BCUT2D eigenvalue weighted by atomic mass is 31.2. The van der Waals surface area contributed by atoms with Gasteiger partial charge in [-0.25, -0.2) is 0 Å². The van der Waals surface area contributed by atoms with Crippen LogP contribution in [0, 0.1) is 0 Å². The van der Waals surface area contributed by atoms with E-state index in [2.05, 4.69) is 19.9 Å². The zero-order chi connectivity index (χ0) is 37.9. The molecule has 10 heteroatoms. The van der Waals surface area contributed by atoms with Crippen LogP contribution in [0.4, 0.5) is 0 Å². The molecule has 0 saturated carbocycles. The van der Waals surface area contributed by atoms with Crippen molar-refractivity contribution in [2.24, 2.45) is 0 Å². The van der Waals surface area contributed by atoms with Gasteiger partial charge in [0.05, 0.1) is 27.7 Å². The second kappa shape index (κ2) is 33.5. The van der Waals surface area contributed by atoms with E-state index in [1.54, 1.807) is 0 Å². The molecular weight excluding hydrogens is 665 g/mol. The molecule has 0 amide bonds. The van der Waals surface area contributed by atoms with Crippen LogP contribution in [0.1, 0.15) is 136 Å². The summed E-state index contributed by atoms with van der Waals surface area (Å²) in [7, 11) is 1.11. The molecule has 0 aliphatic rings. The lowest BCUT2D eigenvalue weighted by molar-refractivity contribution is -0.870. The Morgan fingerprint density at radius 2 is 1.12 bits per heavy atom. The van der Waals surface area contributed by atoms with E-state index < -0.39 is 32.5 Å². The molecule has 0 radical (unpaired) electrons. The first-order valence-corrected chi connectivity index (χ1v) is 21.0. The zero-order valence-corrected chi connectivity index (χ0v) is 33.7. The van der Waals surface area contributed by atoms with Gasteiger partial charge in [0.15, 0.2) is 6.10 Å². The van der Waals surface area contributed by atoms with E-state index in [9.17, 15) is 19.0 Å². The van der Waals surface area contributed by atoms with Gasteiger partial charge in [0.25, 0.3) is 7.82 Å². The van der Waals surface area contributed by atoms with Crippen LogP contribution in [0.2, 0.25) is 0 Å². The predicted molar refractivity (Wildman–Crippen MR) is 208 cm³/mol. The standard InChI is InChI=1S/C41H72NO8P/c1-6-8-10-12-14-16-18-20-22-23-25-27-29-31-33-40(43)47-37-39(38-49-51(45,46)48-36-35-42(3,4)5)50-41(44)34-32-30-28-26-24-21-19-17-15-13-11-9-7-2/h9,11,13,15,17,19,21,24,26,28,39H,6-8,10,12,14,16,18,20,22-23,25,27,29-38H2,1-5H3/b11-9+,15-13+,19-17+,24-21+,28-26+. The van der Waals surface area contributed by atoms with Crippen LogP contribution in [-0.4, -0.2) is 70.0 Å². The first kappa shape index (κ1) is 48.7. The number of hydrogen-bond acceptors (Lipinski definition) is 8. The number of esters is 2. The molecule has 9 nitrogen and oxygen atoms in total. The molecule has 0 aromatic rings. The summed E-state index contributed by atoms with van der Waals surface area (Å²) in [5, 5.41) is 0. The first-order valence-electron chi connectivity index (χ1n) is 19.6. The molecule has 51 heavy (non-hydrogen) atoms. The van der Waals surface area contributed by atoms with Gasteiger partial charge in [-0.3, -0.25) is 14.2 Å². The van der Waals surface area contributed by atoms with Gasteiger partial charge in [-0.15, -0.1) is 0 Å². The van der Waals surface area contributed by atoms with Crippen molar-refractivity contribution in [3.05, 3.63) is 60.8 Å². The molecule has 0 aliphatic heterocycles. The number of hydrogen-bond donors (Lipinski definition) is 0. The fraction of sp³-hybridized carbons (Fsp3) is 0.707. The number of allylic oxidation sites excluding steroid dienone is 10.